The number of nitrogens with zero attached hydrogens (tertiary/aromatic N) is 1. The van der Waals surface area contributed by atoms with Crippen LogP contribution in [0.3, 0.4) is 0 Å². The number of amides is 5. The lowest BCUT2D eigenvalue weighted by Gasteiger charge is -2.29. The zero-order chi connectivity index (χ0) is 34.4. The molecule has 1 saturated heterocycles. The van der Waals surface area contributed by atoms with E-state index in [2.05, 4.69) is 16.0 Å². The zero-order valence-corrected chi connectivity index (χ0v) is 25.1. The fraction of sp³-hybridized carbons (Fsp3) is 0.500. The molecule has 0 aromatic heterocycles. The van der Waals surface area contributed by atoms with Gasteiger partial charge in [-0.15, -0.1) is 0 Å². The summed E-state index contributed by atoms with van der Waals surface area (Å²) in [5.74, 6) is -7.80. The van der Waals surface area contributed by atoms with Crippen molar-refractivity contribution in [2.24, 2.45) is 17.2 Å². The Hall–Kier alpha value is -5.26. The van der Waals surface area contributed by atoms with E-state index in [4.69, 9.17) is 27.7 Å². The number of hydrogen-bond donors (Lipinski definition) is 10. The fourth-order valence-electron chi connectivity index (χ4n) is 4.87. The molecule has 0 radical (unpaired) electrons. The largest absolute Gasteiger partial charge is 0.481 e. The first-order valence-corrected chi connectivity index (χ1v) is 14.5. The Bertz CT molecular complexity index is 1290. The fourth-order valence-corrected chi connectivity index (χ4v) is 4.87. The molecule has 0 bridgehead atoms. The highest BCUT2D eigenvalue weighted by atomic mass is 16.4. The van der Waals surface area contributed by atoms with Gasteiger partial charge < -0.3 is 53.6 Å². The van der Waals surface area contributed by atoms with Gasteiger partial charge in [0.25, 0.3) is 0 Å². The maximum atomic E-state index is 13.4. The minimum atomic E-state index is -1.87. The molecule has 1 aliphatic rings. The number of benzene rings is 1. The van der Waals surface area contributed by atoms with Crippen LogP contribution in [0.1, 0.15) is 44.1 Å². The predicted molar refractivity (Wildman–Crippen MR) is 161 cm³/mol. The summed E-state index contributed by atoms with van der Waals surface area (Å²) in [5, 5.41) is 34.9. The van der Waals surface area contributed by atoms with Gasteiger partial charge in [-0.25, -0.2) is 4.79 Å². The van der Waals surface area contributed by atoms with Gasteiger partial charge in [-0.3, -0.25) is 34.2 Å². The van der Waals surface area contributed by atoms with Crippen molar-refractivity contribution in [1.29, 1.82) is 5.41 Å². The average molecular weight is 648 g/mol. The Morgan fingerprint density at radius 1 is 0.913 bits per heavy atom. The van der Waals surface area contributed by atoms with Gasteiger partial charge in [-0.1, -0.05) is 30.3 Å². The molecule has 1 aliphatic heterocycles. The summed E-state index contributed by atoms with van der Waals surface area (Å²) in [6, 6.07) is 2.33. The third-order valence-electron chi connectivity index (χ3n) is 7.10. The summed E-state index contributed by atoms with van der Waals surface area (Å²) >= 11 is 0. The van der Waals surface area contributed by atoms with E-state index in [1.807, 2.05) is 35.6 Å². The van der Waals surface area contributed by atoms with Gasteiger partial charge in [0.05, 0.1) is 18.9 Å². The maximum absolute atomic E-state index is 13.4. The molecule has 18 nitrogen and oxygen atoms in total. The summed E-state index contributed by atoms with van der Waals surface area (Å²) in [7, 11) is 0. The first kappa shape index (κ1) is 36.9. The second kappa shape index (κ2) is 17.9. The van der Waals surface area contributed by atoms with Crippen molar-refractivity contribution < 1.29 is 43.8 Å². The van der Waals surface area contributed by atoms with E-state index in [-0.39, 0.29) is 38.3 Å². The van der Waals surface area contributed by atoms with Crippen molar-refractivity contribution in [2.45, 2.75) is 75.2 Å². The molecule has 0 aliphatic carbocycles. The monoisotopic (exact) mass is 647 g/mol. The molecular weight excluding hydrogens is 606 g/mol. The molecule has 252 valence electrons. The Kier molecular flexibility index (Phi) is 14.4. The molecule has 0 unspecified atom stereocenters. The number of carbonyl (C=O) groups is 7. The van der Waals surface area contributed by atoms with Crippen molar-refractivity contribution in [3.05, 3.63) is 35.9 Å². The molecule has 1 aromatic rings. The van der Waals surface area contributed by atoms with Gasteiger partial charge in [0.15, 0.2) is 5.96 Å². The second-order valence-corrected chi connectivity index (χ2v) is 10.8. The average Bonchev–Trinajstić information content (AvgIpc) is 3.47. The predicted octanol–water partition coefficient (Wildman–Crippen LogP) is -3.30. The van der Waals surface area contributed by atoms with Crippen LogP contribution >= 0.6 is 0 Å². The van der Waals surface area contributed by atoms with E-state index in [1.54, 1.807) is 0 Å². The third-order valence-corrected chi connectivity index (χ3v) is 7.10. The smallest absolute Gasteiger partial charge is 0.326 e. The Morgan fingerprint density at radius 2 is 1.54 bits per heavy atom. The minimum Gasteiger partial charge on any atom is -0.481 e. The van der Waals surface area contributed by atoms with Crippen molar-refractivity contribution in [1.82, 2.24) is 26.2 Å². The highest BCUT2D eigenvalue weighted by molar-refractivity contribution is 5.97. The standard InChI is InChI=1S/C28H41N9O9/c29-16(12-15-6-2-1-3-7-15)26(44)37-11-5-9-20(37)25(43)34-17(8-4-10-33-28(31)32)23(41)35-18(13-21(30)38)24(42)36-19(27(45)46)14-22(39)40/h1-3,6-7,16-20H,4-5,8-14,29H2,(H2,30,38)(H,34,43)(H,35,41)(H,36,42)(H,39,40)(H,45,46)(H4,31,32,33)/t16-,17-,18-,19-,20-/m0/s1. The zero-order valence-electron chi connectivity index (χ0n) is 25.1. The van der Waals surface area contributed by atoms with E-state index < -0.39 is 84.5 Å². The van der Waals surface area contributed by atoms with Crippen molar-refractivity contribution in [3.63, 3.8) is 0 Å². The quantitative estimate of drug-likeness (QED) is 0.0426. The minimum absolute atomic E-state index is 0.0479. The molecule has 1 aromatic carbocycles. The summed E-state index contributed by atoms with van der Waals surface area (Å²) in [6.45, 7) is 0.402. The second-order valence-electron chi connectivity index (χ2n) is 10.8. The van der Waals surface area contributed by atoms with Crippen molar-refractivity contribution in [2.75, 3.05) is 13.1 Å². The van der Waals surface area contributed by atoms with Gasteiger partial charge in [0.2, 0.25) is 29.5 Å². The van der Waals surface area contributed by atoms with Crippen LogP contribution in [0, 0.1) is 5.41 Å². The SMILES string of the molecule is N=C(N)NCCC[C@H](NC(=O)[C@@H]1CCCN1C(=O)[C@@H](N)Cc1ccccc1)C(=O)N[C@@H](CC(N)=O)C(=O)N[C@@H](CC(=O)O)C(=O)O. The van der Waals surface area contributed by atoms with Gasteiger partial charge >= 0.3 is 11.9 Å². The molecule has 0 spiro atoms. The number of guanidine groups is 1. The van der Waals surface area contributed by atoms with E-state index >= 15 is 0 Å². The molecule has 5 atom stereocenters. The number of nitrogens with one attached hydrogen (secondary N) is 5. The maximum Gasteiger partial charge on any atom is 0.326 e. The molecule has 46 heavy (non-hydrogen) atoms. The highest BCUT2D eigenvalue weighted by Gasteiger charge is 2.38. The number of carbonyl (C=O) groups excluding carboxylic acids is 5. The molecule has 0 saturated carbocycles. The molecule has 1 heterocycles. The van der Waals surface area contributed by atoms with E-state index in [9.17, 15) is 38.7 Å². The Balaban J connectivity index is 2.20. The lowest BCUT2D eigenvalue weighted by atomic mass is 10.0. The molecular formula is C28H41N9O9. The first-order chi connectivity index (χ1) is 21.7. The summed E-state index contributed by atoms with van der Waals surface area (Å²) in [4.78, 5) is 88.4. The lowest BCUT2D eigenvalue weighted by molar-refractivity contribution is -0.147. The van der Waals surface area contributed by atoms with Crippen LogP contribution in [0.25, 0.3) is 0 Å². The Morgan fingerprint density at radius 3 is 2.13 bits per heavy atom. The van der Waals surface area contributed by atoms with Gasteiger partial charge in [-0.2, -0.15) is 0 Å². The Labute approximate surface area is 264 Å². The normalized spacial score (nSPS) is 16.6. The van der Waals surface area contributed by atoms with E-state index in [0.717, 1.165) is 5.56 Å². The number of aliphatic carboxylic acids is 2. The first-order valence-electron chi connectivity index (χ1n) is 14.5. The third kappa shape index (κ3) is 12.0. The van der Waals surface area contributed by atoms with Crippen LogP contribution in [-0.4, -0.2) is 106 Å². The lowest BCUT2D eigenvalue weighted by Crippen LogP contribution is -2.58. The highest BCUT2D eigenvalue weighted by Crippen LogP contribution is 2.20. The van der Waals surface area contributed by atoms with E-state index in [0.29, 0.717) is 12.8 Å². The molecule has 1 fully saturated rings. The number of primary amides is 1. The summed E-state index contributed by atoms with van der Waals surface area (Å²) in [5.41, 5.74) is 17.5. The van der Waals surface area contributed by atoms with E-state index in [1.165, 1.54) is 4.90 Å². The summed E-state index contributed by atoms with van der Waals surface area (Å²) < 4.78 is 0. The van der Waals surface area contributed by atoms with Crippen LogP contribution in [0.5, 0.6) is 0 Å². The number of carboxylic acids is 2. The van der Waals surface area contributed by atoms with Crippen LogP contribution in [0.4, 0.5) is 0 Å². The topological polar surface area (TPSA) is 313 Å². The van der Waals surface area contributed by atoms with Gasteiger partial charge in [0.1, 0.15) is 24.2 Å². The van der Waals surface area contributed by atoms with Crippen molar-refractivity contribution in [3.8, 4) is 0 Å². The van der Waals surface area contributed by atoms with Gasteiger partial charge in [0, 0.05) is 13.1 Å². The molecule has 13 N–H and O–H groups in total. The number of nitrogens with two attached hydrogens (primary N) is 3. The van der Waals surface area contributed by atoms with Gasteiger partial charge in [-0.05, 0) is 37.7 Å². The number of carboxylic acid groups (broad SMARTS) is 2. The van der Waals surface area contributed by atoms with Crippen LogP contribution in [0.2, 0.25) is 0 Å². The molecule has 5 amide bonds. The number of likely N-dealkylation sites (tertiary alicyclic amines) is 1. The number of hydrogen-bond acceptors (Lipinski definition) is 9. The van der Waals surface area contributed by atoms with Crippen molar-refractivity contribution >= 4 is 47.4 Å². The van der Waals surface area contributed by atoms with Crippen LogP contribution < -0.4 is 38.5 Å². The van der Waals surface area contributed by atoms with Crippen LogP contribution in [0.15, 0.2) is 30.3 Å². The summed E-state index contributed by atoms with van der Waals surface area (Å²) in [6.07, 6.45) is -0.560. The molecule has 18 heteroatoms. The van der Waals surface area contributed by atoms with Crippen LogP contribution in [-0.2, 0) is 40.0 Å². The molecule has 2 rings (SSSR count). The number of rotatable bonds is 18.